The summed E-state index contributed by atoms with van der Waals surface area (Å²) in [6.07, 6.45) is 7.71. The van der Waals surface area contributed by atoms with Crippen LogP contribution in [0.15, 0.2) is 91.3 Å². The number of carboxylic acids is 1. The van der Waals surface area contributed by atoms with Gasteiger partial charge in [0.2, 0.25) is 0 Å². The topological polar surface area (TPSA) is 54.6 Å². The number of rotatable bonds is 7. The van der Waals surface area contributed by atoms with Crippen LogP contribution in [-0.4, -0.2) is 20.7 Å². The smallest absolute Gasteiger partial charge is 0.328 e. The zero-order valence-corrected chi connectivity index (χ0v) is 16.8. The van der Waals surface area contributed by atoms with Crippen molar-refractivity contribution in [1.82, 2.24) is 9.61 Å². The van der Waals surface area contributed by atoms with Crippen LogP contribution >= 0.6 is 0 Å². The zero-order chi connectivity index (χ0) is 20.9. The van der Waals surface area contributed by atoms with E-state index in [1.807, 2.05) is 47.2 Å². The number of benzene rings is 2. The van der Waals surface area contributed by atoms with Gasteiger partial charge in [-0.05, 0) is 47.2 Å². The van der Waals surface area contributed by atoms with Gasteiger partial charge in [0.1, 0.15) is 0 Å². The first-order chi connectivity index (χ1) is 14.7. The van der Waals surface area contributed by atoms with Gasteiger partial charge in [-0.15, -0.1) is 0 Å². The van der Waals surface area contributed by atoms with E-state index in [2.05, 4.69) is 54.5 Å². The van der Waals surface area contributed by atoms with E-state index in [1.54, 1.807) is 6.08 Å². The second-order valence-corrected chi connectivity index (χ2v) is 7.37. The van der Waals surface area contributed by atoms with Gasteiger partial charge in [0.25, 0.3) is 0 Å². The Kier molecular flexibility index (Phi) is 5.75. The van der Waals surface area contributed by atoms with Crippen molar-refractivity contribution in [2.45, 2.75) is 25.2 Å². The Labute approximate surface area is 176 Å². The molecule has 150 valence electrons. The highest BCUT2D eigenvalue weighted by Crippen LogP contribution is 2.42. The molecule has 2 unspecified atom stereocenters. The third-order valence-corrected chi connectivity index (χ3v) is 5.58. The van der Waals surface area contributed by atoms with Gasteiger partial charge in [-0.25, -0.2) is 9.31 Å². The highest BCUT2D eigenvalue weighted by molar-refractivity contribution is 5.85. The molecule has 0 radical (unpaired) electrons. The predicted octanol–water partition coefficient (Wildman–Crippen LogP) is 5.76. The Morgan fingerprint density at radius 3 is 2.43 bits per heavy atom. The highest BCUT2D eigenvalue weighted by atomic mass is 16.4. The van der Waals surface area contributed by atoms with E-state index in [-0.39, 0.29) is 5.92 Å². The van der Waals surface area contributed by atoms with Crippen LogP contribution in [-0.2, 0) is 4.79 Å². The Bertz CT molecular complexity index is 1160. The molecule has 4 heteroatoms. The van der Waals surface area contributed by atoms with E-state index >= 15 is 0 Å². The quantitative estimate of drug-likeness (QED) is 0.404. The summed E-state index contributed by atoms with van der Waals surface area (Å²) in [5, 5.41) is 13.5. The van der Waals surface area contributed by atoms with Crippen molar-refractivity contribution in [3.05, 3.63) is 114 Å². The number of hydrogen-bond acceptors (Lipinski definition) is 2. The van der Waals surface area contributed by atoms with Crippen molar-refractivity contribution in [3.8, 4) is 0 Å². The minimum Gasteiger partial charge on any atom is -0.478 e. The first-order valence-corrected chi connectivity index (χ1v) is 10.2. The van der Waals surface area contributed by atoms with Crippen LogP contribution in [0.25, 0.3) is 11.6 Å². The molecule has 0 saturated heterocycles. The molecule has 0 bridgehead atoms. The van der Waals surface area contributed by atoms with Crippen LogP contribution in [0.5, 0.6) is 0 Å². The van der Waals surface area contributed by atoms with Crippen LogP contribution in [0, 0.1) is 0 Å². The lowest BCUT2D eigenvalue weighted by Gasteiger charge is -2.27. The van der Waals surface area contributed by atoms with Crippen molar-refractivity contribution in [1.29, 1.82) is 0 Å². The number of hydrogen-bond donors (Lipinski definition) is 1. The average molecular weight is 396 g/mol. The Morgan fingerprint density at radius 1 is 1.00 bits per heavy atom. The molecule has 0 aliphatic rings. The summed E-state index contributed by atoms with van der Waals surface area (Å²) in [4.78, 5) is 10.8. The third kappa shape index (κ3) is 4.03. The first kappa shape index (κ1) is 19.6. The summed E-state index contributed by atoms with van der Waals surface area (Å²) >= 11 is 0. The molecule has 4 nitrogen and oxygen atoms in total. The van der Waals surface area contributed by atoms with E-state index in [1.165, 1.54) is 16.7 Å². The Balaban J connectivity index is 1.82. The van der Waals surface area contributed by atoms with Gasteiger partial charge in [0.05, 0.1) is 11.7 Å². The van der Waals surface area contributed by atoms with E-state index in [0.29, 0.717) is 5.92 Å². The molecule has 0 spiro atoms. The molecule has 4 aromatic rings. The van der Waals surface area contributed by atoms with Crippen LogP contribution in [0.2, 0.25) is 0 Å². The lowest BCUT2D eigenvalue weighted by atomic mass is 9.76. The number of aliphatic carboxylic acids is 1. The molecule has 4 rings (SSSR count). The second kappa shape index (κ2) is 8.78. The summed E-state index contributed by atoms with van der Waals surface area (Å²) < 4.78 is 1.92. The van der Waals surface area contributed by atoms with Crippen molar-refractivity contribution in [2.75, 3.05) is 0 Å². The molecule has 0 saturated carbocycles. The Hall–Kier alpha value is -3.66. The molecule has 30 heavy (non-hydrogen) atoms. The minimum atomic E-state index is -0.946. The molecule has 0 amide bonds. The fraction of sp³-hybridized carbons (Fsp3) is 0.154. The molecule has 0 fully saturated rings. The van der Waals surface area contributed by atoms with Crippen molar-refractivity contribution in [3.63, 3.8) is 0 Å². The van der Waals surface area contributed by atoms with Crippen LogP contribution in [0.4, 0.5) is 0 Å². The summed E-state index contributed by atoms with van der Waals surface area (Å²) in [5.41, 5.74) is 5.66. The van der Waals surface area contributed by atoms with E-state index in [4.69, 9.17) is 5.11 Å². The third-order valence-electron chi connectivity index (χ3n) is 5.58. The maximum atomic E-state index is 10.8. The molecular weight excluding hydrogens is 372 g/mol. The number of carbonyl (C=O) groups is 1. The average Bonchev–Trinajstić information content (AvgIpc) is 3.21. The number of carboxylic acid groups (broad SMARTS) is 1. The molecule has 1 N–H and O–H groups in total. The molecule has 0 aliphatic heterocycles. The van der Waals surface area contributed by atoms with Crippen molar-refractivity contribution in [2.24, 2.45) is 0 Å². The number of aromatic nitrogens is 2. The molecule has 2 aromatic heterocycles. The number of nitrogens with zero attached hydrogens (tertiary/aromatic N) is 2. The van der Waals surface area contributed by atoms with E-state index in [0.717, 1.165) is 23.6 Å². The lowest BCUT2D eigenvalue weighted by molar-refractivity contribution is -0.131. The maximum absolute atomic E-state index is 10.8. The largest absolute Gasteiger partial charge is 0.478 e. The van der Waals surface area contributed by atoms with Gasteiger partial charge >= 0.3 is 5.97 Å². The van der Waals surface area contributed by atoms with E-state index < -0.39 is 5.97 Å². The standard InChI is InChI=1S/C26H24N2O2/c1-2-22(20-8-4-3-5-9-20)26(23-18-27-28-17-7-6-10-24(23)28)21-14-11-19(12-15-21)13-16-25(29)30/h3-18,22,26H,2H2,1H3,(H,29,30). The maximum Gasteiger partial charge on any atom is 0.328 e. The minimum absolute atomic E-state index is 0.134. The normalized spacial score (nSPS) is 13.5. The summed E-state index contributed by atoms with van der Waals surface area (Å²) in [5.74, 6) is -0.520. The summed E-state index contributed by atoms with van der Waals surface area (Å²) in [7, 11) is 0. The van der Waals surface area contributed by atoms with Gasteiger partial charge in [-0.2, -0.15) is 5.10 Å². The number of pyridine rings is 1. The predicted molar refractivity (Wildman–Crippen MR) is 120 cm³/mol. The fourth-order valence-electron chi connectivity index (χ4n) is 4.17. The van der Waals surface area contributed by atoms with Gasteiger partial charge in [-0.1, -0.05) is 67.6 Å². The zero-order valence-electron chi connectivity index (χ0n) is 16.8. The van der Waals surface area contributed by atoms with Gasteiger partial charge in [-0.3, -0.25) is 0 Å². The molecule has 0 aliphatic carbocycles. The highest BCUT2D eigenvalue weighted by Gasteiger charge is 2.27. The van der Waals surface area contributed by atoms with Crippen molar-refractivity contribution < 1.29 is 9.90 Å². The lowest BCUT2D eigenvalue weighted by Crippen LogP contribution is -2.12. The van der Waals surface area contributed by atoms with Gasteiger partial charge in [0.15, 0.2) is 0 Å². The van der Waals surface area contributed by atoms with Crippen LogP contribution in [0.1, 0.15) is 47.4 Å². The first-order valence-electron chi connectivity index (χ1n) is 10.2. The molecule has 2 aromatic carbocycles. The van der Waals surface area contributed by atoms with Gasteiger partial charge < -0.3 is 5.11 Å². The monoisotopic (exact) mass is 396 g/mol. The summed E-state index contributed by atoms with van der Waals surface area (Å²) in [6.45, 7) is 2.22. The molecule has 2 atom stereocenters. The van der Waals surface area contributed by atoms with Gasteiger partial charge in [0, 0.05) is 23.8 Å². The summed E-state index contributed by atoms with van der Waals surface area (Å²) in [6, 6.07) is 24.9. The van der Waals surface area contributed by atoms with E-state index in [9.17, 15) is 4.79 Å². The Morgan fingerprint density at radius 2 is 1.73 bits per heavy atom. The number of fused-ring (bicyclic) bond motifs is 1. The molecular formula is C26H24N2O2. The van der Waals surface area contributed by atoms with Crippen LogP contribution in [0.3, 0.4) is 0 Å². The fourth-order valence-corrected chi connectivity index (χ4v) is 4.17. The van der Waals surface area contributed by atoms with Crippen LogP contribution < -0.4 is 0 Å². The molecule has 2 heterocycles. The second-order valence-electron chi connectivity index (χ2n) is 7.37. The van der Waals surface area contributed by atoms with Crippen molar-refractivity contribution >= 4 is 17.6 Å². The SMILES string of the molecule is CCC(c1ccccc1)C(c1ccc(C=CC(=O)O)cc1)c1cnn2ccccc12.